The van der Waals surface area contributed by atoms with Gasteiger partial charge < -0.3 is 9.64 Å². The van der Waals surface area contributed by atoms with Crippen LogP contribution in [0.2, 0.25) is 5.15 Å². The molecule has 1 saturated carbocycles. The number of hydrogen-bond donors (Lipinski definition) is 0. The van der Waals surface area contributed by atoms with E-state index in [0.717, 1.165) is 44.8 Å². The van der Waals surface area contributed by atoms with Crippen LogP contribution in [0.1, 0.15) is 57.8 Å². The Morgan fingerprint density at radius 1 is 1.18 bits per heavy atom. The molecule has 0 atom stereocenters. The third-order valence-corrected chi connectivity index (χ3v) is 7.84. The number of nitrogens with zero attached hydrogens (tertiary/aromatic N) is 5. The molecular formula is C24H34ClF2N5O. The van der Waals surface area contributed by atoms with E-state index in [4.69, 9.17) is 21.3 Å². The molecule has 0 amide bonds. The molecule has 0 bridgehead atoms. The van der Waals surface area contributed by atoms with Crippen LogP contribution in [0.3, 0.4) is 0 Å². The Hall–Kier alpha value is -1.80. The highest BCUT2D eigenvalue weighted by Crippen LogP contribution is 2.39. The lowest BCUT2D eigenvalue weighted by molar-refractivity contribution is 0.108. The van der Waals surface area contributed by atoms with Crippen LogP contribution in [0.25, 0.3) is 10.9 Å². The molecule has 4 heterocycles. The molecule has 2 aromatic heterocycles. The van der Waals surface area contributed by atoms with Gasteiger partial charge in [0.15, 0.2) is 11.0 Å². The largest absolute Gasteiger partial charge is 0.461 e. The summed E-state index contributed by atoms with van der Waals surface area (Å²) in [5.41, 5.74) is 0.264. The molecule has 5 rings (SSSR count). The second kappa shape index (κ2) is 10.6. The summed E-state index contributed by atoms with van der Waals surface area (Å²) < 4.78 is 30.5. The molecule has 0 spiro atoms. The average Bonchev–Trinajstić information content (AvgIpc) is 3.38. The third-order valence-electron chi connectivity index (χ3n) is 7.57. The zero-order valence-electron chi connectivity index (χ0n) is 19.6. The highest BCUT2D eigenvalue weighted by Gasteiger charge is 2.45. The van der Waals surface area contributed by atoms with Gasteiger partial charge in [0.25, 0.3) is 0 Å². The van der Waals surface area contributed by atoms with E-state index in [1.807, 2.05) is 7.05 Å². The van der Waals surface area contributed by atoms with E-state index >= 15 is 0 Å². The Morgan fingerprint density at radius 3 is 2.58 bits per heavy atom. The number of ether oxygens (including phenoxy) is 1. The van der Waals surface area contributed by atoms with Gasteiger partial charge in [-0.1, -0.05) is 30.9 Å². The normalized spacial score (nSPS) is 19.7. The molecule has 2 aromatic rings. The highest BCUT2D eigenvalue weighted by molar-refractivity contribution is 6.30. The number of alkyl halides is 1. The maximum Gasteiger partial charge on any atom is 0.319 e. The van der Waals surface area contributed by atoms with Crippen molar-refractivity contribution in [3.8, 4) is 6.01 Å². The topological polar surface area (TPSA) is 54.4 Å². The van der Waals surface area contributed by atoms with Crippen molar-refractivity contribution in [3.63, 3.8) is 0 Å². The van der Waals surface area contributed by atoms with Crippen molar-refractivity contribution >= 4 is 28.3 Å². The van der Waals surface area contributed by atoms with Crippen molar-refractivity contribution in [3.05, 3.63) is 17.2 Å². The maximum absolute atomic E-state index is 14.8. The molecule has 0 N–H and O–H groups in total. The summed E-state index contributed by atoms with van der Waals surface area (Å²) in [6.45, 7) is 3.66. The summed E-state index contributed by atoms with van der Waals surface area (Å²) in [6, 6.07) is 0.225. The van der Waals surface area contributed by atoms with E-state index < -0.39 is 5.82 Å². The van der Waals surface area contributed by atoms with Crippen LogP contribution in [-0.2, 0) is 0 Å². The van der Waals surface area contributed by atoms with Crippen LogP contribution in [0.4, 0.5) is 14.6 Å². The van der Waals surface area contributed by atoms with E-state index in [2.05, 4.69) is 19.8 Å². The highest BCUT2D eigenvalue weighted by atomic mass is 35.5. The fourth-order valence-electron chi connectivity index (χ4n) is 5.52. The smallest absolute Gasteiger partial charge is 0.319 e. The number of aromatic nitrogens is 3. The number of fused-ring (bicyclic) bond motifs is 2. The Morgan fingerprint density at radius 2 is 1.91 bits per heavy atom. The molecular weight excluding hydrogens is 448 g/mol. The molecule has 3 fully saturated rings. The van der Waals surface area contributed by atoms with E-state index in [1.54, 1.807) is 6.20 Å². The molecule has 0 unspecified atom stereocenters. The van der Waals surface area contributed by atoms with Gasteiger partial charge in [-0.15, -0.1) is 0 Å². The molecule has 9 heteroatoms. The van der Waals surface area contributed by atoms with Crippen molar-refractivity contribution in [1.82, 2.24) is 19.9 Å². The Bertz CT molecular complexity index is 948. The summed E-state index contributed by atoms with van der Waals surface area (Å²) in [5.74, 6) is 0.910. The second-order valence-corrected chi connectivity index (χ2v) is 9.88. The van der Waals surface area contributed by atoms with Gasteiger partial charge in [0.2, 0.25) is 0 Å². The summed E-state index contributed by atoms with van der Waals surface area (Å²) in [4.78, 5) is 17.7. The summed E-state index contributed by atoms with van der Waals surface area (Å²) in [5, 5.41) is 0.397. The van der Waals surface area contributed by atoms with Gasteiger partial charge in [-0.05, 0) is 57.5 Å². The number of anilines is 1. The van der Waals surface area contributed by atoms with Crippen LogP contribution in [-0.4, -0.2) is 65.9 Å². The van der Waals surface area contributed by atoms with Crippen LogP contribution < -0.4 is 9.64 Å². The van der Waals surface area contributed by atoms with Crippen LogP contribution >= 0.6 is 11.6 Å². The van der Waals surface area contributed by atoms with Crippen molar-refractivity contribution < 1.29 is 13.5 Å². The van der Waals surface area contributed by atoms with Crippen LogP contribution in [0.15, 0.2) is 6.20 Å². The molecule has 6 nitrogen and oxygen atoms in total. The first-order valence-corrected chi connectivity index (χ1v) is 12.4. The second-order valence-electron chi connectivity index (χ2n) is 9.52. The predicted octanol–water partition coefficient (Wildman–Crippen LogP) is 5.43. The number of hydrogen-bond acceptors (Lipinski definition) is 6. The van der Waals surface area contributed by atoms with Crippen molar-refractivity contribution in [2.45, 2.75) is 63.3 Å². The SMILES string of the molecule is CF.CN(CCCC1CCC1)c1nc(OCC23CCCN2CCC3)nc2c(F)c(Cl)ncc12. The predicted molar refractivity (Wildman–Crippen MR) is 127 cm³/mol. The summed E-state index contributed by atoms with van der Waals surface area (Å²) in [7, 11) is 2.49. The lowest BCUT2D eigenvalue weighted by Crippen LogP contribution is -2.43. The quantitative estimate of drug-likeness (QED) is 0.469. The Labute approximate surface area is 199 Å². The third kappa shape index (κ3) is 5.02. The van der Waals surface area contributed by atoms with Crippen molar-refractivity contribution in [1.29, 1.82) is 0 Å². The fraction of sp³-hybridized carbons (Fsp3) is 0.708. The van der Waals surface area contributed by atoms with Crippen molar-refractivity contribution in [2.75, 3.05) is 45.4 Å². The van der Waals surface area contributed by atoms with Gasteiger partial charge in [-0.3, -0.25) is 9.29 Å². The van der Waals surface area contributed by atoms with E-state index in [9.17, 15) is 8.78 Å². The molecule has 2 aliphatic heterocycles. The number of pyridine rings is 1. The Kier molecular flexibility index (Phi) is 7.84. The minimum Gasteiger partial charge on any atom is -0.461 e. The van der Waals surface area contributed by atoms with Gasteiger partial charge >= 0.3 is 6.01 Å². The van der Waals surface area contributed by atoms with Gasteiger partial charge in [0.05, 0.1) is 18.1 Å². The first-order valence-electron chi connectivity index (χ1n) is 12.0. The molecule has 0 radical (unpaired) electrons. The molecule has 1 aliphatic carbocycles. The van der Waals surface area contributed by atoms with E-state index in [1.165, 1.54) is 38.5 Å². The zero-order valence-corrected chi connectivity index (χ0v) is 20.4. The number of halogens is 3. The molecule has 182 valence electrons. The van der Waals surface area contributed by atoms with Gasteiger partial charge in [-0.25, -0.2) is 9.37 Å². The van der Waals surface area contributed by atoms with Crippen LogP contribution in [0, 0.1) is 11.7 Å². The molecule has 2 saturated heterocycles. The summed E-state index contributed by atoms with van der Waals surface area (Å²) in [6.07, 6.45) is 12.6. The average molecular weight is 482 g/mol. The standard InChI is InChI=1S/C23H31ClFN5O.CH3F/c1-29(11-3-8-16-6-2-7-16)21-17-14-26-20(24)18(25)19(17)27-22(28-21)31-15-23-9-4-12-30(23)13-5-10-23;1-2/h14,16H,2-13,15H2,1H3;1H3. The summed E-state index contributed by atoms with van der Waals surface area (Å²) >= 11 is 5.96. The lowest BCUT2D eigenvalue weighted by atomic mass is 9.82. The van der Waals surface area contributed by atoms with Crippen LogP contribution in [0.5, 0.6) is 6.01 Å². The maximum atomic E-state index is 14.8. The molecule has 0 aromatic carbocycles. The molecule has 3 aliphatic rings. The van der Waals surface area contributed by atoms with Gasteiger partial charge in [0, 0.05) is 19.8 Å². The number of rotatable bonds is 8. The monoisotopic (exact) mass is 481 g/mol. The molecule has 33 heavy (non-hydrogen) atoms. The fourth-order valence-corrected chi connectivity index (χ4v) is 5.66. The van der Waals surface area contributed by atoms with Crippen molar-refractivity contribution in [2.24, 2.45) is 5.92 Å². The van der Waals surface area contributed by atoms with E-state index in [-0.39, 0.29) is 22.2 Å². The van der Waals surface area contributed by atoms with Gasteiger partial charge in [-0.2, -0.15) is 9.97 Å². The van der Waals surface area contributed by atoms with Gasteiger partial charge in [0.1, 0.15) is 17.9 Å². The zero-order chi connectivity index (χ0) is 23.4. The minimum atomic E-state index is -0.614. The first-order chi connectivity index (χ1) is 16.1. The lowest BCUT2D eigenvalue weighted by Gasteiger charge is -2.31. The first kappa shape index (κ1) is 24.3. The van der Waals surface area contributed by atoms with E-state index in [0.29, 0.717) is 25.0 Å². The Balaban J connectivity index is 0.00000126. The minimum absolute atomic E-state index is 0.0849.